The average molecular weight is 224 g/mol. The summed E-state index contributed by atoms with van der Waals surface area (Å²) in [7, 11) is 0. The average Bonchev–Trinajstić information content (AvgIpc) is 2.29. The minimum absolute atomic E-state index is 0.0546. The van der Waals surface area contributed by atoms with Crippen LogP contribution in [0.2, 0.25) is 0 Å². The third-order valence-corrected chi connectivity index (χ3v) is 2.00. The second kappa shape index (κ2) is 6.79. The van der Waals surface area contributed by atoms with E-state index < -0.39 is 4.92 Å². The molecule has 5 nitrogen and oxygen atoms in total. The molecule has 0 heterocycles. The topological polar surface area (TPSA) is 64.4 Å². The number of hydrogen-bond acceptors (Lipinski definition) is 4. The lowest BCUT2D eigenvalue weighted by Crippen LogP contribution is -2.21. The summed E-state index contributed by atoms with van der Waals surface area (Å²) >= 11 is 0. The van der Waals surface area contributed by atoms with Gasteiger partial charge in [-0.2, -0.15) is 0 Å². The van der Waals surface area contributed by atoms with Gasteiger partial charge < -0.3 is 10.1 Å². The molecule has 0 aliphatic rings. The molecule has 1 aromatic rings. The number of non-ortho nitro benzene ring substituents is 1. The second-order valence-electron chi connectivity index (χ2n) is 3.35. The van der Waals surface area contributed by atoms with Crippen molar-refractivity contribution in [3.8, 4) is 5.75 Å². The molecule has 0 spiro atoms. The first-order chi connectivity index (χ1) is 7.74. The SMILES string of the molecule is CCCNCCOc1cccc([N+](=O)[O-])c1. The lowest BCUT2D eigenvalue weighted by Gasteiger charge is -2.06. The van der Waals surface area contributed by atoms with E-state index in [0.29, 0.717) is 12.4 Å². The Morgan fingerprint density at radius 3 is 2.94 bits per heavy atom. The molecule has 0 radical (unpaired) electrons. The Morgan fingerprint density at radius 2 is 2.25 bits per heavy atom. The molecule has 0 aliphatic heterocycles. The van der Waals surface area contributed by atoms with Crippen LogP contribution in [0.25, 0.3) is 0 Å². The molecule has 1 N–H and O–H groups in total. The summed E-state index contributed by atoms with van der Waals surface area (Å²) in [5.41, 5.74) is 0.0546. The Hall–Kier alpha value is -1.62. The summed E-state index contributed by atoms with van der Waals surface area (Å²) in [5, 5.41) is 13.7. The molecular weight excluding hydrogens is 208 g/mol. The molecule has 0 unspecified atom stereocenters. The van der Waals surface area contributed by atoms with E-state index >= 15 is 0 Å². The number of benzene rings is 1. The van der Waals surface area contributed by atoms with E-state index in [2.05, 4.69) is 12.2 Å². The Balaban J connectivity index is 2.36. The van der Waals surface area contributed by atoms with Crippen LogP contribution in [-0.4, -0.2) is 24.6 Å². The highest BCUT2D eigenvalue weighted by Gasteiger charge is 2.05. The molecule has 16 heavy (non-hydrogen) atoms. The summed E-state index contributed by atoms with van der Waals surface area (Å²) < 4.78 is 5.38. The van der Waals surface area contributed by atoms with Crippen LogP contribution in [0.1, 0.15) is 13.3 Å². The first-order valence-corrected chi connectivity index (χ1v) is 5.32. The van der Waals surface area contributed by atoms with Crippen LogP contribution in [0.3, 0.4) is 0 Å². The molecule has 5 heteroatoms. The van der Waals surface area contributed by atoms with Crippen LogP contribution < -0.4 is 10.1 Å². The molecule has 0 saturated heterocycles. The van der Waals surface area contributed by atoms with Crippen molar-refractivity contribution in [3.05, 3.63) is 34.4 Å². The molecule has 0 aromatic heterocycles. The molecule has 1 aromatic carbocycles. The quantitative estimate of drug-likeness (QED) is 0.437. The van der Waals surface area contributed by atoms with Gasteiger partial charge in [0.05, 0.1) is 11.0 Å². The number of ether oxygens (including phenoxy) is 1. The summed E-state index contributed by atoms with van der Waals surface area (Å²) in [5.74, 6) is 0.535. The van der Waals surface area contributed by atoms with Crippen molar-refractivity contribution in [1.29, 1.82) is 0 Å². The highest BCUT2D eigenvalue weighted by Crippen LogP contribution is 2.18. The third kappa shape index (κ3) is 4.27. The smallest absolute Gasteiger partial charge is 0.273 e. The Labute approximate surface area is 94.6 Å². The molecule has 0 saturated carbocycles. The molecule has 0 aliphatic carbocycles. The lowest BCUT2D eigenvalue weighted by atomic mass is 10.3. The maximum atomic E-state index is 10.5. The monoisotopic (exact) mass is 224 g/mol. The van der Waals surface area contributed by atoms with Gasteiger partial charge in [0.15, 0.2) is 0 Å². The molecule has 0 bridgehead atoms. The van der Waals surface area contributed by atoms with Crippen molar-refractivity contribution < 1.29 is 9.66 Å². The highest BCUT2D eigenvalue weighted by atomic mass is 16.6. The van der Waals surface area contributed by atoms with Gasteiger partial charge in [0.2, 0.25) is 0 Å². The van der Waals surface area contributed by atoms with Gasteiger partial charge >= 0.3 is 0 Å². The minimum Gasteiger partial charge on any atom is -0.492 e. The van der Waals surface area contributed by atoms with Crippen molar-refractivity contribution in [1.82, 2.24) is 5.32 Å². The standard InChI is InChI=1S/C11H16N2O3/c1-2-6-12-7-8-16-11-5-3-4-10(9-11)13(14)15/h3-5,9,12H,2,6-8H2,1H3. The maximum absolute atomic E-state index is 10.5. The van der Waals surface area contributed by atoms with Crippen molar-refractivity contribution in [2.45, 2.75) is 13.3 Å². The van der Waals surface area contributed by atoms with Crippen molar-refractivity contribution in [2.24, 2.45) is 0 Å². The lowest BCUT2D eigenvalue weighted by molar-refractivity contribution is -0.384. The van der Waals surface area contributed by atoms with E-state index in [1.54, 1.807) is 12.1 Å². The first kappa shape index (κ1) is 12.4. The molecule has 0 atom stereocenters. The fourth-order valence-corrected chi connectivity index (χ4v) is 1.23. The zero-order valence-electron chi connectivity index (χ0n) is 9.31. The number of nitrogens with zero attached hydrogens (tertiary/aromatic N) is 1. The van der Waals surface area contributed by atoms with E-state index in [0.717, 1.165) is 19.5 Å². The van der Waals surface area contributed by atoms with Gasteiger partial charge in [0.1, 0.15) is 12.4 Å². The first-order valence-electron chi connectivity index (χ1n) is 5.32. The number of nitrogens with one attached hydrogen (secondary N) is 1. The molecule has 0 amide bonds. The van der Waals surface area contributed by atoms with Gasteiger partial charge in [0.25, 0.3) is 5.69 Å². The van der Waals surface area contributed by atoms with Crippen LogP contribution >= 0.6 is 0 Å². The van der Waals surface area contributed by atoms with E-state index in [1.165, 1.54) is 12.1 Å². The Kier molecular flexibility index (Phi) is 5.28. The van der Waals surface area contributed by atoms with Crippen LogP contribution in [0.15, 0.2) is 24.3 Å². The van der Waals surface area contributed by atoms with Gasteiger partial charge in [-0.05, 0) is 19.0 Å². The Bertz CT molecular complexity index is 342. The predicted octanol–water partition coefficient (Wildman–Crippen LogP) is 1.97. The fourth-order valence-electron chi connectivity index (χ4n) is 1.23. The summed E-state index contributed by atoms with van der Waals surface area (Å²) in [6, 6.07) is 6.21. The second-order valence-corrected chi connectivity index (χ2v) is 3.35. The van der Waals surface area contributed by atoms with Gasteiger partial charge in [-0.25, -0.2) is 0 Å². The zero-order chi connectivity index (χ0) is 11.8. The summed E-state index contributed by atoms with van der Waals surface area (Å²) in [4.78, 5) is 10.1. The summed E-state index contributed by atoms with van der Waals surface area (Å²) in [6.07, 6.45) is 1.08. The summed E-state index contributed by atoms with van der Waals surface area (Å²) in [6.45, 7) is 4.31. The third-order valence-electron chi connectivity index (χ3n) is 2.00. The number of rotatable bonds is 7. The fraction of sp³-hybridized carbons (Fsp3) is 0.455. The van der Waals surface area contributed by atoms with Crippen molar-refractivity contribution >= 4 is 5.69 Å². The number of nitro benzene ring substituents is 1. The predicted molar refractivity (Wildman–Crippen MR) is 61.8 cm³/mol. The van der Waals surface area contributed by atoms with E-state index in [1.807, 2.05) is 0 Å². The van der Waals surface area contributed by atoms with E-state index in [-0.39, 0.29) is 5.69 Å². The maximum Gasteiger partial charge on any atom is 0.273 e. The number of nitro groups is 1. The Morgan fingerprint density at radius 1 is 1.44 bits per heavy atom. The van der Waals surface area contributed by atoms with Crippen LogP contribution in [-0.2, 0) is 0 Å². The van der Waals surface area contributed by atoms with Crippen LogP contribution in [0.4, 0.5) is 5.69 Å². The highest BCUT2D eigenvalue weighted by molar-refractivity contribution is 5.37. The molecular formula is C11H16N2O3. The van der Waals surface area contributed by atoms with Crippen molar-refractivity contribution in [3.63, 3.8) is 0 Å². The number of hydrogen-bond donors (Lipinski definition) is 1. The van der Waals surface area contributed by atoms with Gasteiger partial charge in [0, 0.05) is 12.6 Å². The van der Waals surface area contributed by atoms with Crippen LogP contribution in [0, 0.1) is 10.1 Å². The van der Waals surface area contributed by atoms with Gasteiger partial charge in [-0.3, -0.25) is 10.1 Å². The molecule has 88 valence electrons. The zero-order valence-corrected chi connectivity index (χ0v) is 9.31. The van der Waals surface area contributed by atoms with Crippen LogP contribution in [0.5, 0.6) is 5.75 Å². The van der Waals surface area contributed by atoms with E-state index in [9.17, 15) is 10.1 Å². The largest absolute Gasteiger partial charge is 0.492 e. The van der Waals surface area contributed by atoms with E-state index in [4.69, 9.17) is 4.74 Å². The minimum atomic E-state index is -0.428. The van der Waals surface area contributed by atoms with Gasteiger partial charge in [-0.15, -0.1) is 0 Å². The molecule has 1 rings (SSSR count). The normalized spacial score (nSPS) is 10.1. The van der Waals surface area contributed by atoms with Gasteiger partial charge in [-0.1, -0.05) is 13.0 Å². The van der Waals surface area contributed by atoms with Crippen molar-refractivity contribution in [2.75, 3.05) is 19.7 Å². The molecule has 0 fully saturated rings.